The quantitative estimate of drug-likeness (QED) is 0.0268. The van der Waals surface area contributed by atoms with Gasteiger partial charge < -0.3 is 36.4 Å². The van der Waals surface area contributed by atoms with Crippen molar-refractivity contribution >= 4 is 63.8 Å². The molecule has 0 radical (unpaired) electrons. The molecule has 0 spiro atoms. The molecule has 4 aromatic rings. The van der Waals surface area contributed by atoms with Gasteiger partial charge in [-0.3, -0.25) is 24.1 Å². The number of phenolic OH excluding ortho intramolecular Hbond substituents is 1. The number of fused-ring (bicyclic) bond motifs is 3. The van der Waals surface area contributed by atoms with E-state index in [1.165, 1.54) is 20.9 Å². The van der Waals surface area contributed by atoms with Gasteiger partial charge in [0.05, 0.1) is 23.5 Å². The molecule has 3 aromatic carbocycles. The van der Waals surface area contributed by atoms with Gasteiger partial charge >= 0.3 is 0 Å². The van der Waals surface area contributed by atoms with Crippen LogP contribution in [0.5, 0.6) is 5.75 Å². The van der Waals surface area contributed by atoms with Crippen LogP contribution in [-0.4, -0.2) is 99.7 Å². The second kappa shape index (κ2) is 20.3. The summed E-state index contributed by atoms with van der Waals surface area (Å²) in [4.78, 5) is 61.5. The second-order valence-electron chi connectivity index (χ2n) is 18.4. The predicted molar refractivity (Wildman–Crippen MR) is 261 cm³/mol. The van der Waals surface area contributed by atoms with Crippen LogP contribution >= 0.6 is 7.26 Å². The summed E-state index contributed by atoms with van der Waals surface area (Å²) in [7, 11) is 4.75. The number of aliphatic hydroxyl groups excluding tert-OH is 2. The molecule has 66 heavy (non-hydrogen) atoms. The summed E-state index contributed by atoms with van der Waals surface area (Å²) < 4.78 is 0. The number of aromatic nitrogens is 1. The molecule has 14 heteroatoms. The van der Waals surface area contributed by atoms with E-state index in [0.717, 1.165) is 57.5 Å². The highest BCUT2D eigenvalue weighted by molar-refractivity contribution is 7.95. The lowest BCUT2D eigenvalue weighted by Crippen LogP contribution is -2.65. The monoisotopic (exact) mass is 916 g/mol. The summed E-state index contributed by atoms with van der Waals surface area (Å²) >= 11 is 0. The first kappa shape index (κ1) is 48.1. The minimum Gasteiger partial charge on any atom is -0.508 e. The number of aromatic hydroxyl groups is 1. The summed E-state index contributed by atoms with van der Waals surface area (Å²) in [5.74, 6) is -7.58. The number of anilines is 2. The first-order valence-corrected chi connectivity index (χ1v) is 25.0. The van der Waals surface area contributed by atoms with E-state index >= 15 is 0 Å². The summed E-state index contributed by atoms with van der Waals surface area (Å²) in [6.07, 6.45) is 12.6. The highest BCUT2D eigenvalue weighted by atomic mass is 31.2. The average molecular weight is 917 g/mol. The summed E-state index contributed by atoms with van der Waals surface area (Å²) in [5.41, 5.74) is 3.84. The van der Waals surface area contributed by atoms with Crippen LogP contribution < -0.4 is 32.0 Å². The largest absolute Gasteiger partial charge is 0.508 e. The molecule has 1 aromatic heterocycles. The zero-order valence-corrected chi connectivity index (χ0v) is 39.3. The number of aliphatic hydroxyl groups is 3. The van der Waals surface area contributed by atoms with Gasteiger partial charge in [-0.15, -0.1) is 0 Å². The fourth-order valence-corrected chi connectivity index (χ4v) is 14.8. The number of nitrogens with one attached hydrogen (secondary N) is 1. The highest BCUT2D eigenvalue weighted by Crippen LogP contribution is 2.56. The van der Waals surface area contributed by atoms with Crippen molar-refractivity contribution in [3.8, 4) is 5.75 Å². The maximum atomic E-state index is 14.3. The Labute approximate surface area is 387 Å². The average Bonchev–Trinajstić information content (AvgIpc) is 3.29. The highest BCUT2D eigenvalue weighted by Gasteiger charge is 2.64. The summed E-state index contributed by atoms with van der Waals surface area (Å²) in [6, 6.07) is 28.5. The number of unbranched alkanes of at least 4 members (excludes halogenated alkanes) is 8. The van der Waals surface area contributed by atoms with E-state index in [9.17, 15) is 39.6 Å². The maximum Gasteiger partial charge on any atom is 0.255 e. The minimum absolute atomic E-state index is 0.0167. The normalized spacial score (nSPS) is 20.5. The van der Waals surface area contributed by atoms with Gasteiger partial charge in [0.15, 0.2) is 16.8 Å². The number of ketones is 2. The number of rotatable bonds is 19. The lowest BCUT2D eigenvalue weighted by atomic mass is 9.57. The Balaban J connectivity index is 0.935. The van der Waals surface area contributed by atoms with Gasteiger partial charge in [0.2, 0.25) is 11.7 Å². The number of carbonyl (C=O) groups is 4. The van der Waals surface area contributed by atoms with E-state index in [0.29, 0.717) is 17.7 Å². The molecule has 7 rings (SSSR count). The molecule has 3 aliphatic rings. The maximum absolute atomic E-state index is 14.3. The number of carbonyl (C=O) groups excluding carboxylic acids is 4. The molecule has 3 aliphatic carbocycles. The Morgan fingerprint density at radius 3 is 1.94 bits per heavy atom. The van der Waals surface area contributed by atoms with Gasteiger partial charge in [-0.1, -0.05) is 81.0 Å². The van der Waals surface area contributed by atoms with Crippen molar-refractivity contribution < 1.29 is 39.6 Å². The number of Topliss-reactive ketones (excluding diaryl/α,β-unsaturated/α-hetero) is 2. The summed E-state index contributed by atoms with van der Waals surface area (Å²) in [5, 5.41) is 52.1. The first-order chi connectivity index (χ1) is 31.6. The van der Waals surface area contributed by atoms with Gasteiger partial charge in [0, 0.05) is 50.0 Å². The smallest absolute Gasteiger partial charge is 0.255 e. The van der Waals surface area contributed by atoms with Crippen LogP contribution in [0.1, 0.15) is 81.8 Å². The molecule has 1 fully saturated rings. The number of amides is 2. The Morgan fingerprint density at radius 2 is 1.39 bits per heavy atom. The van der Waals surface area contributed by atoms with Gasteiger partial charge in [-0.25, -0.2) is 4.98 Å². The van der Waals surface area contributed by atoms with Crippen molar-refractivity contribution in [2.75, 3.05) is 44.6 Å². The number of hydrogen-bond acceptors (Lipinski definition) is 11. The van der Waals surface area contributed by atoms with Gasteiger partial charge in [-0.2, -0.15) is 0 Å². The summed E-state index contributed by atoms with van der Waals surface area (Å²) in [6.45, 7) is 0. The number of phenols is 1. The van der Waals surface area contributed by atoms with Crippen molar-refractivity contribution in [2.45, 2.75) is 88.7 Å². The van der Waals surface area contributed by atoms with E-state index in [1.807, 2.05) is 12.3 Å². The molecule has 0 bridgehead atoms. The molecule has 0 aliphatic heterocycles. The second-order valence-corrected chi connectivity index (χ2v) is 21.9. The van der Waals surface area contributed by atoms with Crippen molar-refractivity contribution in [3.05, 3.63) is 119 Å². The number of hydrogen-bond donors (Lipinski definition) is 6. The van der Waals surface area contributed by atoms with Crippen molar-refractivity contribution in [1.82, 2.24) is 9.88 Å². The van der Waals surface area contributed by atoms with Gasteiger partial charge in [0.1, 0.15) is 40.7 Å². The van der Waals surface area contributed by atoms with Crippen molar-refractivity contribution in [3.63, 3.8) is 0 Å². The number of nitrogens with zero attached hydrogens (tertiary/aromatic N) is 3. The molecular weight excluding hydrogens is 854 g/mol. The molecule has 2 amide bonds. The lowest BCUT2D eigenvalue weighted by molar-refractivity contribution is -0.153. The van der Waals surface area contributed by atoms with Crippen LogP contribution in [0.25, 0.3) is 5.76 Å². The molecule has 1 saturated carbocycles. The first-order valence-electron chi connectivity index (χ1n) is 23.1. The molecule has 13 nitrogen and oxygen atoms in total. The fourth-order valence-electron chi connectivity index (χ4n) is 10.6. The van der Waals surface area contributed by atoms with Crippen LogP contribution in [0.15, 0.2) is 108 Å². The number of pyridine rings is 1. The number of nitrogens with two attached hydrogens (primary N) is 1. The van der Waals surface area contributed by atoms with Crippen molar-refractivity contribution in [1.29, 1.82) is 0 Å². The number of likely N-dealkylation sites (N-methyl/N-ethyl adjacent to an activating group) is 1. The molecule has 348 valence electrons. The predicted octanol–water partition coefficient (Wildman–Crippen LogP) is 6.26. The van der Waals surface area contributed by atoms with Gasteiger partial charge in [-0.05, 0) is 94.1 Å². The molecular formula is C52H63N5O8P+. The van der Waals surface area contributed by atoms with E-state index in [1.54, 1.807) is 39.2 Å². The van der Waals surface area contributed by atoms with E-state index in [4.69, 9.17) is 10.7 Å². The van der Waals surface area contributed by atoms with Gasteiger partial charge in [0.25, 0.3) is 5.91 Å². The zero-order chi connectivity index (χ0) is 47.3. The Kier molecular flexibility index (Phi) is 14.8. The Morgan fingerprint density at radius 1 is 0.818 bits per heavy atom. The molecule has 0 unspecified atom stereocenters. The molecule has 0 saturated heterocycles. The van der Waals surface area contributed by atoms with Crippen LogP contribution in [-0.2, 0) is 25.6 Å². The number of primary amides is 1. The third-order valence-corrected chi connectivity index (χ3v) is 18.2. The molecule has 1 heterocycles. The topological polar surface area (TPSA) is 207 Å². The zero-order valence-electron chi connectivity index (χ0n) is 38.4. The number of benzene rings is 3. The molecule has 4 atom stereocenters. The SMILES string of the molecule is CN(C)c1cc(NC(=O)CCCCCCCCCCC[P+](c2ccccc2)(c2ccccc2)c2ccccn2)c(O)c2c1C[C@H]1C[C@H]3[C@H](N(C)C)C(=O)C(C(N)=O)=C(O)[C@@]3(O)C(=O)C1=C2O. The lowest BCUT2D eigenvalue weighted by Gasteiger charge is -2.50. The van der Waals surface area contributed by atoms with Crippen LogP contribution in [0, 0.1) is 11.8 Å². The van der Waals surface area contributed by atoms with Crippen LogP contribution in [0.3, 0.4) is 0 Å². The van der Waals surface area contributed by atoms with E-state index in [-0.39, 0.29) is 42.0 Å². The standard InChI is InChI=1S/C52H62N5O8P/c1-56(2)39-32-38(46(59)43-36(39)30-33-31-37-45(57(3)4)48(61)44(51(53)64)50(63)52(37,65)49(62)42(33)47(43)60)55-40(58)26-18-10-8-6-5-7-9-11-21-29-66(34-22-14-12-15-23-34,35-24-16-13-17-25-35)41-27-19-20-28-54-41/h12-17,19-20,22-25,27-28,32-33,37,45,65H,5-11,18,21,26,29-31H2,1-4H3,(H5-,53,55,58,59,60,61,62,63,64)/p+1/t33-,37-,45-,52-/m0/s1. The van der Waals surface area contributed by atoms with E-state index in [2.05, 4.69) is 78.1 Å². The van der Waals surface area contributed by atoms with Crippen molar-refractivity contribution in [2.24, 2.45) is 17.6 Å². The van der Waals surface area contributed by atoms with Crippen LogP contribution in [0.2, 0.25) is 0 Å². The minimum atomic E-state index is -2.74. The third-order valence-electron chi connectivity index (χ3n) is 13.8. The van der Waals surface area contributed by atoms with E-state index < -0.39 is 71.1 Å². The van der Waals surface area contributed by atoms with Crippen LogP contribution in [0.4, 0.5) is 11.4 Å². The fraction of sp³-hybridized carbons (Fsp3) is 0.404. The molecule has 7 N–H and O–H groups in total. The Hall–Kier alpha value is -5.88. The Bertz CT molecular complexity index is 2420. The third kappa shape index (κ3) is 9.00.